The number of aldehydes is 1. The van der Waals surface area contributed by atoms with E-state index < -0.39 is 0 Å². The van der Waals surface area contributed by atoms with Crippen LogP contribution in [0.3, 0.4) is 0 Å². The van der Waals surface area contributed by atoms with Gasteiger partial charge < -0.3 is 15.6 Å². The van der Waals surface area contributed by atoms with Gasteiger partial charge in [0.05, 0.1) is 0 Å². The van der Waals surface area contributed by atoms with Crippen LogP contribution >= 0.6 is 0 Å². The van der Waals surface area contributed by atoms with E-state index in [0.717, 1.165) is 25.9 Å². The Morgan fingerprint density at radius 1 is 1.39 bits per heavy atom. The van der Waals surface area contributed by atoms with Gasteiger partial charge in [0, 0.05) is 51.0 Å². The molecule has 0 radical (unpaired) electrons. The molecule has 98 valence electrons. The van der Waals surface area contributed by atoms with Crippen molar-refractivity contribution in [1.82, 2.24) is 14.8 Å². The summed E-state index contributed by atoms with van der Waals surface area (Å²) in [6, 6.07) is 1.58. The van der Waals surface area contributed by atoms with Crippen molar-refractivity contribution in [3.63, 3.8) is 0 Å². The quantitative estimate of drug-likeness (QED) is 0.709. The van der Waals surface area contributed by atoms with E-state index in [-0.39, 0.29) is 5.91 Å². The van der Waals surface area contributed by atoms with E-state index in [4.69, 9.17) is 5.73 Å². The second-order valence-corrected chi connectivity index (χ2v) is 4.39. The summed E-state index contributed by atoms with van der Waals surface area (Å²) >= 11 is 0. The Bertz CT molecular complexity index is 421. The minimum atomic E-state index is -0.0458. The van der Waals surface area contributed by atoms with Crippen molar-refractivity contribution in [3.05, 3.63) is 23.5 Å². The number of piperazine rings is 1. The molecule has 2 rings (SSSR count). The molecule has 2 heterocycles. The molecule has 0 saturated carbocycles. The summed E-state index contributed by atoms with van der Waals surface area (Å²) in [5.74, 6) is -0.0458. The van der Waals surface area contributed by atoms with Crippen molar-refractivity contribution < 1.29 is 9.59 Å². The van der Waals surface area contributed by atoms with Crippen molar-refractivity contribution in [2.45, 2.75) is 0 Å². The SMILES string of the molecule is NCCN1CCN(C(=O)c2cc(C=O)c[nH]2)CC1. The zero-order valence-corrected chi connectivity index (χ0v) is 10.3. The van der Waals surface area contributed by atoms with E-state index in [2.05, 4.69) is 9.88 Å². The molecule has 18 heavy (non-hydrogen) atoms. The Hall–Kier alpha value is -1.66. The van der Waals surface area contributed by atoms with Gasteiger partial charge in [-0.3, -0.25) is 14.5 Å². The number of hydrogen-bond donors (Lipinski definition) is 2. The molecule has 0 bridgehead atoms. The van der Waals surface area contributed by atoms with Gasteiger partial charge in [0.2, 0.25) is 0 Å². The lowest BCUT2D eigenvalue weighted by atomic mass is 10.2. The van der Waals surface area contributed by atoms with Gasteiger partial charge in [-0.25, -0.2) is 0 Å². The second-order valence-electron chi connectivity index (χ2n) is 4.39. The van der Waals surface area contributed by atoms with Crippen molar-refractivity contribution in [3.8, 4) is 0 Å². The first kappa shape index (κ1) is 12.8. The van der Waals surface area contributed by atoms with Gasteiger partial charge in [0.15, 0.2) is 6.29 Å². The Balaban J connectivity index is 1.93. The van der Waals surface area contributed by atoms with Crippen LogP contribution in [0.5, 0.6) is 0 Å². The van der Waals surface area contributed by atoms with Crippen LogP contribution in [0, 0.1) is 0 Å². The monoisotopic (exact) mass is 250 g/mol. The molecule has 0 spiro atoms. The van der Waals surface area contributed by atoms with Gasteiger partial charge in [0.1, 0.15) is 5.69 Å². The van der Waals surface area contributed by atoms with Crippen molar-refractivity contribution in [1.29, 1.82) is 0 Å². The van der Waals surface area contributed by atoms with Crippen molar-refractivity contribution >= 4 is 12.2 Å². The number of carbonyl (C=O) groups excluding carboxylic acids is 2. The predicted octanol–water partition coefficient (Wildman–Crippen LogP) is -0.456. The number of H-pyrrole nitrogens is 1. The Morgan fingerprint density at radius 2 is 2.11 bits per heavy atom. The zero-order chi connectivity index (χ0) is 13.0. The minimum Gasteiger partial charge on any atom is -0.356 e. The molecule has 1 amide bonds. The highest BCUT2D eigenvalue weighted by Crippen LogP contribution is 2.08. The predicted molar refractivity (Wildman–Crippen MR) is 67.6 cm³/mol. The van der Waals surface area contributed by atoms with Crippen LogP contribution < -0.4 is 5.73 Å². The third kappa shape index (κ3) is 2.77. The van der Waals surface area contributed by atoms with Crippen LogP contribution in [-0.4, -0.2) is 66.2 Å². The summed E-state index contributed by atoms with van der Waals surface area (Å²) in [6.07, 6.45) is 2.28. The highest BCUT2D eigenvalue weighted by Gasteiger charge is 2.22. The highest BCUT2D eigenvalue weighted by molar-refractivity contribution is 5.94. The van der Waals surface area contributed by atoms with Gasteiger partial charge in [0.25, 0.3) is 5.91 Å². The van der Waals surface area contributed by atoms with Gasteiger partial charge in [-0.1, -0.05) is 0 Å². The molecular formula is C12H18N4O2. The number of nitrogens with one attached hydrogen (secondary N) is 1. The minimum absolute atomic E-state index is 0.0458. The first-order valence-corrected chi connectivity index (χ1v) is 6.10. The van der Waals surface area contributed by atoms with Crippen LogP contribution in [0.25, 0.3) is 0 Å². The van der Waals surface area contributed by atoms with E-state index in [1.807, 2.05) is 0 Å². The number of rotatable bonds is 4. The van der Waals surface area contributed by atoms with E-state index in [1.54, 1.807) is 17.2 Å². The first-order chi connectivity index (χ1) is 8.74. The molecule has 0 aromatic carbocycles. The molecule has 1 saturated heterocycles. The number of aromatic amines is 1. The molecular weight excluding hydrogens is 232 g/mol. The zero-order valence-electron chi connectivity index (χ0n) is 10.3. The number of amides is 1. The van der Waals surface area contributed by atoms with E-state index in [1.165, 1.54) is 0 Å². The Morgan fingerprint density at radius 3 is 2.67 bits per heavy atom. The van der Waals surface area contributed by atoms with Crippen molar-refractivity contribution in [2.75, 3.05) is 39.3 Å². The normalized spacial score (nSPS) is 16.8. The fraction of sp³-hybridized carbons (Fsp3) is 0.500. The maximum absolute atomic E-state index is 12.1. The average Bonchev–Trinajstić information content (AvgIpc) is 2.88. The molecule has 0 unspecified atom stereocenters. The first-order valence-electron chi connectivity index (χ1n) is 6.10. The standard InChI is InChI=1S/C12H18N4O2/c13-1-2-15-3-5-16(6-4-15)12(18)11-7-10(9-17)8-14-11/h7-9,14H,1-6,13H2. The average molecular weight is 250 g/mol. The number of nitrogens with two attached hydrogens (primary N) is 1. The number of aromatic nitrogens is 1. The molecule has 6 heteroatoms. The van der Waals surface area contributed by atoms with Crippen molar-refractivity contribution in [2.24, 2.45) is 5.73 Å². The van der Waals surface area contributed by atoms with Gasteiger partial charge in [-0.05, 0) is 6.07 Å². The molecule has 6 nitrogen and oxygen atoms in total. The van der Waals surface area contributed by atoms with Crippen LogP contribution in [0.15, 0.2) is 12.3 Å². The van der Waals surface area contributed by atoms with Crippen LogP contribution in [-0.2, 0) is 0 Å². The summed E-state index contributed by atoms with van der Waals surface area (Å²) in [4.78, 5) is 29.6. The Labute approximate surface area is 106 Å². The molecule has 0 aliphatic carbocycles. The molecule has 1 aromatic heterocycles. The second kappa shape index (κ2) is 5.79. The summed E-state index contributed by atoms with van der Waals surface area (Å²) < 4.78 is 0. The topological polar surface area (TPSA) is 82.4 Å². The lowest BCUT2D eigenvalue weighted by Crippen LogP contribution is -2.49. The van der Waals surface area contributed by atoms with Gasteiger partial charge in [-0.2, -0.15) is 0 Å². The molecule has 3 N–H and O–H groups in total. The number of hydrogen-bond acceptors (Lipinski definition) is 4. The smallest absolute Gasteiger partial charge is 0.270 e. The maximum Gasteiger partial charge on any atom is 0.270 e. The lowest BCUT2D eigenvalue weighted by Gasteiger charge is -2.34. The summed E-state index contributed by atoms with van der Waals surface area (Å²) in [6.45, 7) is 4.63. The maximum atomic E-state index is 12.1. The fourth-order valence-electron chi connectivity index (χ4n) is 2.13. The number of nitrogens with zero attached hydrogens (tertiary/aromatic N) is 2. The van der Waals surface area contributed by atoms with Gasteiger partial charge >= 0.3 is 0 Å². The molecule has 1 aromatic rings. The molecule has 1 fully saturated rings. The van der Waals surface area contributed by atoms with Crippen LogP contribution in [0.4, 0.5) is 0 Å². The summed E-state index contributed by atoms with van der Waals surface area (Å²) in [7, 11) is 0. The third-order valence-electron chi connectivity index (χ3n) is 3.18. The Kier molecular flexibility index (Phi) is 4.11. The number of carbonyl (C=O) groups is 2. The van der Waals surface area contributed by atoms with E-state index in [9.17, 15) is 9.59 Å². The third-order valence-corrected chi connectivity index (χ3v) is 3.18. The van der Waals surface area contributed by atoms with Crippen LogP contribution in [0.2, 0.25) is 0 Å². The van der Waals surface area contributed by atoms with Crippen LogP contribution in [0.1, 0.15) is 20.8 Å². The summed E-state index contributed by atoms with van der Waals surface area (Å²) in [5, 5.41) is 0. The largest absolute Gasteiger partial charge is 0.356 e. The van der Waals surface area contributed by atoms with Gasteiger partial charge in [-0.15, -0.1) is 0 Å². The molecule has 1 aliphatic rings. The van der Waals surface area contributed by atoms with E-state index >= 15 is 0 Å². The fourth-order valence-corrected chi connectivity index (χ4v) is 2.13. The van der Waals surface area contributed by atoms with E-state index in [0.29, 0.717) is 30.9 Å². The molecule has 0 atom stereocenters. The molecule has 1 aliphatic heterocycles. The lowest BCUT2D eigenvalue weighted by molar-refractivity contribution is 0.0636. The highest BCUT2D eigenvalue weighted by atomic mass is 16.2. The summed E-state index contributed by atoms with van der Waals surface area (Å²) in [5.41, 5.74) is 6.48.